The maximum Gasteiger partial charge on any atom is 0.348 e. The van der Waals surface area contributed by atoms with Crippen LogP contribution in [0.25, 0.3) is 37.4 Å². The van der Waals surface area contributed by atoms with Crippen molar-refractivity contribution in [2.24, 2.45) is 0 Å². The van der Waals surface area contributed by atoms with Crippen LogP contribution in [0.15, 0.2) is 67.1 Å². The summed E-state index contributed by atoms with van der Waals surface area (Å²) in [5.41, 5.74) is 2.91. The molecule has 15 nitrogen and oxygen atoms in total. The number of hydrogen-bond donors (Lipinski definition) is 0. The molecular weight excluding hydrogens is 1070 g/mol. The van der Waals surface area contributed by atoms with E-state index in [-0.39, 0.29) is 57.7 Å². The van der Waals surface area contributed by atoms with Crippen LogP contribution in [-0.4, -0.2) is 145 Å². The van der Waals surface area contributed by atoms with Crippen molar-refractivity contribution in [3.05, 3.63) is 111 Å². The zero-order chi connectivity index (χ0) is 54.7. The van der Waals surface area contributed by atoms with E-state index in [0.717, 1.165) is 36.6 Å². The zero-order valence-electron chi connectivity index (χ0n) is 44.7. The highest BCUT2D eigenvalue weighted by Gasteiger charge is 2.36. The van der Waals surface area contributed by atoms with Crippen LogP contribution < -0.4 is 18.9 Å². The normalized spacial score (nSPS) is 21.5. The summed E-state index contributed by atoms with van der Waals surface area (Å²) in [5.74, 6) is 0.762. The first-order valence-electron chi connectivity index (χ1n) is 26.3. The van der Waals surface area contributed by atoms with Gasteiger partial charge in [-0.2, -0.15) is 0 Å². The fraction of sp³-hybridized carbons (Fsp3) is 0.466. The van der Waals surface area contributed by atoms with E-state index < -0.39 is 35.3 Å². The molecule has 0 saturated carbocycles. The van der Waals surface area contributed by atoms with Gasteiger partial charge in [0.1, 0.15) is 65.2 Å². The number of nitrogens with zero attached hydrogens (tertiary/aromatic N) is 6. The van der Waals surface area contributed by atoms with Crippen LogP contribution in [0.5, 0.6) is 23.1 Å². The van der Waals surface area contributed by atoms with Crippen molar-refractivity contribution in [1.29, 1.82) is 0 Å². The second-order valence-electron chi connectivity index (χ2n) is 21.3. The Bertz CT molecular complexity index is 3140. The number of likely N-dealkylation sites (N-methyl/N-ethyl adjacent to an activating group) is 1. The number of rotatable bonds is 12. The van der Waals surface area contributed by atoms with Crippen LogP contribution in [0.3, 0.4) is 0 Å². The summed E-state index contributed by atoms with van der Waals surface area (Å²) in [4.78, 5) is 39.4. The lowest BCUT2D eigenvalue weighted by molar-refractivity contribution is -0.163. The third kappa shape index (κ3) is 13.0. The summed E-state index contributed by atoms with van der Waals surface area (Å²) in [6.07, 6.45) is 3.64. The molecule has 1 aliphatic carbocycles. The predicted octanol–water partition coefficient (Wildman–Crippen LogP) is 10.9. The van der Waals surface area contributed by atoms with Crippen LogP contribution in [0, 0.1) is 19.7 Å². The van der Waals surface area contributed by atoms with E-state index in [1.165, 1.54) is 29.8 Å². The van der Waals surface area contributed by atoms with Gasteiger partial charge in [0.05, 0.1) is 54.2 Å². The minimum atomic E-state index is -1.52. The van der Waals surface area contributed by atoms with E-state index in [1.54, 1.807) is 57.3 Å². The summed E-state index contributed by atoms with van der Waals surface area (Å²) in [7, 11) is 2.11. The van der Waals surface area contributed by atoms with E-state index in [2.05, 4.69) is 21.8 Å². The fourth-order valence-electron chi connectivity index (χ4n) is 10.1. The molecule has 4 aliphatic heterocycles. The highest BCUT2D eigenvalue weighted by Crippen LogP contribution is 2.53. The Morgan fingerprint density at radius 1 is 0.936 bits per heavy atom. The first-order chi connectivity index (χ1) is 37.5. The Balaban J connectivity index is 1.01. The zero-order valence-corrected chi connectivity index (χ0v) is 47.0. The standard InChI is InChI=1S/C58H64Cl2F2N6O9S/c1-34-46-35(2)50(60)51(49(34)59)75-42(27-68-21-19-67(6)20-22-68)31-73-41-11-12-44(74-28-40-15-18-63-53(66-40)37-13-16-58(62,17-14-37)32-71-30-43-29-70-23-24-72-43)38(25-41)26-45(56(69)77-57(3,4)5)76-54-48-47(46)52(78-55(48)65-33-64-54)36-7-9-39(61)10-8-36/h7-13,15,18,25,33,42-43,45H,14,16-17,19-24,26-32H2,1-6H3/t42-,43+,45-,58-/m1/s1. The number of allylic oxidation sites excluding steroid dienone is 2. The molecule has 0 radical (unpaired) electrons. The Kier molecular flexibility index (Phi) is 17.2. The van der Waals surface area contributed by atoms with Crippen molar-refractivity contribution in [3.63, 3.8) is 0 Å². The third-order valence-corrected chi connectivity index (χ3v) is 16.3. The van der Waals surface area contributed by atoms with Crippen LogP contribution in [0.4, 0.5) is 8.78 Å². The molecule has 11 rings (SSSR count). The highest BCUT2D eigenvalue weighted by molar-refractivity contribution is 7.22. The topological polar surface area (TPSA) is 149 Å². The molecule has 414 valence electrons. The van der Waals surface area contributed by atoms with Gasteiger partial charge in [-0.15, -0.1) is 11.3 Å². The summed E-state index contributed by atoms with van der Waals surface area (Å²) in [5, 5.41) is 1.10. The summed E-state index contributed by atoms with van der Waals surface area (Å²) in [6, 6.07) is 13.4. The largest absolute Gasteiger partial charge is 0.490 e. The first kappa shape index (κ1) is 55.7. The molecule has 3 aromatic carbocycles. The number of esters is 1. The lowest BCUT2D eigenvalue weighted by Gasteiger charge is -2.35. The maximum absolute atomic E-state index is 15.9. The van der Waals surface area contributed by atoms with Gasteiger partial charge in [0.2, 0.25) is 12.0 Å². The molecule has 0 unspecified atom stereocenters. The lowest BCUT2D eigenvalue weighted by atomic mass is 9.87. The average Bonchev–Trinajstić information content (AvgIpc) is 3.85. The number of alkyl halides is 1. The molecule has 4 bridgehead atoms. The highest BCUT2D eigenvalue weighted by atomic mass is 35.5. The number of carbonyl (C=O) groups excluding carboxylic acids is 1. The van der Waals surface area contributed by atoms with Crippen molar-refractivity contribution in [3.8, 4) is 44.7 Å². The van der Waals surface area contributed by atoms with Crippen LogP contribution >= 0.6 is 34.5 Å². The molecule has 20 heteroatoms. The van der Waals surface area contributed by atoms with Gasteiger partial charge in [-0.3, -0.25) is 4.90 Å². The van der Waals surface area contributed by atoms with Gasteiger partial charge in [0, 0.05) is 67.8 Å². The Morgan fingerprint density at radius 3 is 2.44 bits per heavy atom. The first-order valence-corrected chi connectivity index (χ1v) is 27.9. The number of carbonyl (C=O) groups is 1. The molecule has 78 heavy (non-hydrogen) atoms. The second kappa shape index (κ2) is 24.0. The lowest BCUT2D eigenvalue weighted by Crippen LogP contribution is -2.49. The SMILES string of the molecule is Cc1c(Cl)c2c(Cl)c(C)c1-c1c(-c3ccc(F)cc3)sc3ncnc(c13)O[C@@H](C(=O)OC(C)(C)C)Cc1cc(ccc1OCc1ccnc(C3=CC[C@](F)(COC[C@@H]4COCCO4)CC3)n1)OC[C@@H](CN1CCN(C)CC1)O2. The number of thiophene rings is 1. The number of fused-ring (bicyclic) bond motifs is 7. The van der Waals surface area contributed by atoms with Crippen LogP contribution in [-0.2, 0) is 36.8 Å². The van der Waals surface area contributed by atoms with Crippen molar-refractivity contribution in [2.75, 3.05) is 79.4 Å². The molecule has 5 aliphatic rings. The molecule has 3 aromatic heterocycles. The second-order valence-corrected chi connectivity index (χ2v) is 23.1. The Labute approximate surface area is 467 Å². The van der Waals surface area contributed by atoms with Gasteiger partial charge in [-0.1, -0.05) is 41.4 Å². The monoisotopic (exact) mass is 1130 g/mol. The summed E-state index contributed by atoms with van der Waals surface area (Å²) in [6.45, 7) is 15.0. The van der Waals surface area contributed by atoms with Crippen molar-refractivity contribution >= 4 is 56.3 Å². The summed E-state index contributed by atoms with van der Waals surface area (Å²) >= 11 is 16.2. The summed E-state index contributed by atoms with van der Waals surface area (Å²) < 4.78 is 80.4. The van der Waals surface area contributed by atoms with Gasteiger partial charge >= 0.3 is 5.97 Å². The fourth-order valence-corrected chi connectivity index (χ4v) is 11.7. The third-order valence-electron chi connectivity index (χ3n) is 14.2. The Hall–Kier alpha value is -5.57. The molecule has 0 N–H and O–H groups in total. The number of hydrogen-bond acceptors (Lipinski definition) is 16. The Morgan fingerprint density at radius 2 is 1.72 bits per heavy atom. The predicted molar refractivity (Wildman–Crippen MR) is 295 cm³/mol. The van der Waals surface area contributed by atoms with Gasteiger partial charge < -0.3 is 42.8 Å². The molecular formula is C58H64Cl2F2N6O9S. The van der Waals surface area contributed by atoms with E-state index in [4.69, 9.17) is 76.0 Å². The number of benzene rings is 3. The number of piperazine rings is 1. The van der Waals surface area contributed by atoms with Crippen molar-refractivity contribution in [2.45, 2.75) is 96.5 Å². The molecule has 0 spiro atoms. The number of halogens is 4. The van der Waals surface area contributed by atoms with Gasteiger partial charge in [0.15, 0.2) is 11.6 Å². The van der Waals surface area contributed by atoms with E-state index in [1.807, 2.05) is 26.0 Å². The number of ether oxygens (including phenoxy) is 8. The molecule has 2 fully saturated rings. The van der Waals surface area contributed by atoms with Gasteiger partial charge in [0.25, 0.3) is 0 Å². The molecule has 7 heterocycles. The van der Waals surface area contributed by atoms with E-state index in [9.17, 15) is 9.18 Å². The number of aromatic nitrogens is 4. The maximum atomic E-state index is 15.9. The minimum Gasteiger partial charge on any atom is -0.490 e. The molecule has 0 amide bonds. The van der Waals surface area contributed by atoms with Crippen molar-refractivity contribution in [1.82, 2.24) is 29.7 Å². The molecule has 6 aromatic rings. The van der Waals surface area contributed by atoms with Crippen LogP contribution in [0.2, 0.25) is 10.0 Å². The molecule has 2 saturated heterocycles. The van der Waals surface area contributed by atoms with Crippen LogP contribution in [0.1, 0.15) is 68.2 Å². The van der Waals surface area contributed by atoms with Gasteiger partial charge in [-0.25, -0.2) is 33.5 Å². The van der Waals surface area contributed by atoms with Crippen molar-refractivity contribution < 1.29 is 51.5 Å². The van der Waals surface area contributed by atoms with E-state index in [0.29, 0.717) is 115 Å². The molecule has 4 atom stereocenters. The van der Waals surface area contributed by atoms with E-state index >= 15 is 4.39 Å². The average molecular weight is 1130 g/mol. The quantitative estimate of drug-likeness (QED) is 0.107. The minimum absolute atomic E-state index is 0.0249. The smallest absolute Gasteiger partial charge is 0.348 e. The van der Waals surface area contributed by atoms with Gasteiger partial charge in [-0.05, 0) is 119 Å².